The van der Waals surface area contributed by atoms with Crippen LogP contribution in [0, 0.1) is 0 Å². The third kappa shape index (κ3) is 3.43. The van der Waals surface area contributed by atoms with Crippen LogP contribution in [0.15, 0.2) is 29.2 Å². The van der Waals surface area contributed by atoms with Crippen LogP contribution in [0.4, 0.5) is 0 Å². The number of amides is 1. The van der Waals surface area contributed by atoms with Gasteiger partial charge in [-0.1, -0.05) is 6.07 Å². The number of primary amides is 1. The van der Waals surface area contributed by atoms with Gasteiger partial charge in [0, 0.05) is 10.6 Å². The number of methoxy groups -OCH3 is 1. The topological polar surface area (TPSA) is 78.3 Å². The van der Waals surface area contributed by atoms with E-state index in [0.717, 1.165) is 10.6 Å². The standard InChI is InChI=1S/C11H16N2O2S/c1-11(13,10(12)14)7-16-9-5-3-4-8(6-9)15-2/h3-6H,7,13H2,1-2H3,(H2,12,14). The smallest absolute Gasteiger partial charge is 0.238 e. The van der Waals surface area contributed by atoms with Gasteiger partial charge in [-0.2, -0.15) is 0 Å². The number of hydrogen-bond donors (Lipinski definition) is 2. The first kappa shape index (κ1) is 12.9. The summed E-state index contributed by atoms with van der Waals surface area (Å²) in [6, 6.07) is 7.57. The van der Waals surface area contributed by atoms with E-state index in [2.05, 4.69) is 0 Å². The predicted octanol–water partition coefficient (Wildman–Crippen LogP) is 0.990. The molecule has 0 spiro atoms. The number of rotatable bonds is 5. The Hall–Kier alpha value is -1.20. The maximum Gasteiger partial charge on any atom is 0.238 e. The summed E-state index contributed by atoms with van der Waals surface area (Å²) in [6.45, 7) is 1.63. The molecule has 88 valence electrons. The van der Waals surface area contributed by atoms with Gasteiger partial charge >= 0.3 is 0 Å². The Bertz CT molecular complexity index is 380. The van der Waals surface area contributed by atoms with Gasteiger partial charge < -0.3 is 16.2 Å². The van der Waals surface area contributed by atoms with Gasteiger partial charge in [0.25, 0.3) is 0 Å². The SMILES string of the molecule is COc1cccc(SCC(C)(N)C(N)=O)c1. The molecule has 0 radical (unpaired) electrons. The minimum absolute atomic E-state index is 0.440. The zero-order chi connectivity index (χ0) is 12.2. The number of carbonyl (C=O) groups excluding carboxylic acids is 1. The first-order chi connectivity index (χ1) is 7.45. The Balaban J connectivity index is 2.64. The van der Waals surface area contributed by atoms with E-state index >= 15 is 0 Å². The van der Waals surface area contributed by atoms with Crippen molar-refractivity contribution in [2.75, 3.05) is 12.9 Å². The normalized spacial score (nSPS) is 14.2. The van der Waals surface area contributed by atoms with Gasteiger partial charge in [0.05, 0.1) is 7.11 Å². The van der Waals surface area contributed by atoms with Crippen molar-refractivity contribution in [1.82, 2.24) is 0 Å². The average Bonchev–Trinajstić information content (AvgIpc) is 2.26. The fourth-order valence-electron chi connectivity index (χ4n) is 0.995. The molecule has 0 bridgehead atoms. The zero-order valence-electron chi connectivity index (χ0n) is 9.40. The van der Waals surface area contributed by atoms with Crippen molar-refractivity contribution in [3.8, 4) is 5.75 Å². The second-order valence-corrected chi connectivity index (χ2v) is 4.80. The molecule has 1 rings (SSSR count). The Labute approximate surface area is 99.3 Å². The first-order valence-electron chi connectivity index (χ1n) is 4.81. The van der Waals surface area contributed by atoms with E-state index in [1.165, 1.54) is 11.8 Å². The molecule has 4 N–H and O–H groups in total. The molecule has 0 aliphatic carbocycles. The predicted molar refractivity (Wildman–Crippen MR) is 65.5 cm³/mol. The minimum atomic E-state index is -0.992. The summed E-state index contributed by atoms with van der Waals surface area (Å²) in [6.07, 6.45) is 0. The number of carbonyl (C=O) groups is 1. The molecule has 0 heterocycles. The van der Waals surface area contributed by atoms with Crippen molar-refractivity contribution in [1.29, 1.82) is 0 Å². The van der Waals surface area contributed by atoms with Gasteiger partial charge in [-0.25, -0.2) is 0 Å². The second kappa shape index (κ2) is 5.23. The van der Waals surface area contributed by atoms with Crippen molar-refractivity contribution >= 4 is 17.7 Å². The molecule has 1 aromatic rings. The first-order valence-corrected chi connectivity index (χ1v) is 5.80. The van der Waals surface area contributed by atoms with E-state index in [1.807, 2.05) is 24.3 Å². The van der Waals surface area contributed by atoms with Crippen molar-refractivity contribution < 1.29 is 9.53 Å². The lowest BCUT2D eigenvalue weighted by Crippen LogP contribution is -2.51. The molecule has 0 aromatic heterocycles. The lowest BCUT2D eigenvalue weighted by molar-refractivity contribution is -0.121. The van der Waals surface area contributed by atoms with Crippen LogP contribution in [0.25, 0.3) is 0 Å². The Kier molecular flexibility index (Phi) is 4.20. The fraction of sp³-hybridized carbons (Fsp3) is 0.364. The molecule has 5 heteroatoms. The Morgan fingerprint density at radius 2 is 2.25 bits per heavy atom. The van der Waals surface area contributed by atoms with Gasteiger partial charge in [-0.05, 0) is 25.1 Å². The van der Waals surface area contributed by atoms with Crippen molar-refractivity contribution in [3.63, 3.8) is 0 Å². The van der Waals surface area contributed by atoms with E-state index in [1.54, 1.807) is 14.0 Å². The number of nitrogens with two attached hydrogens (primary N) is 2. The van der Waals surface area contributed by atoms with Crippen molar-refractivity contribution in [3.05, 3.63) is 24.3 Å². The van der Waals surface area contributed by atoms with Gasteiger partial charge in [0.15, 0.2) is 0 Å². The molecular formula is C11H16N2O2S. The number of hydrogen-bond acceptors (Lipinski definition) is 4. The molecule has 16 heavy (non-hydrogen) atoms. The van der Waals surface area contributed by atoms with E-state index in [9.17, 15) is 4.79 Å². The van der Waals surface area contributed by atoms with Gasteiger partial charge in [0.1, 0.15) is 11.3 Å². The lowest BCUT2D eigenvalue weighted by atomic mass is 10.1. The van der Waals surface area contributed by atoms with Crippen LogP contribution in [0.3, 0.4) is 0 Å². The van der Waals surface area contributed by atoms with Crippen LogP contribution in [0.1, 0.15) is 6.92 Å². The minimum Gasteiger partial charge on any atom is -0.497 e. The maximum absolute atomic E-state index is 11.0. The van der Waals surface area contributed by atoms with E-state index in [4.69, 9.17) is 16.2 Å². The van der Waals surface area contributed by atoms with Gasteiger partial charge in [-0.15, -0.1) is 11.8 Å². The molecule has 0 saturated carbocycles. The summed E-state index contributed by atoms with van der Waals surface area (Å²) in [5.74, 6) is 0.723. The monoisotopic (exact) mass is 240 g/mol. The maximum atomic E-state index is 11.0. The molecule has 4 nitrogen and oxygen atoms in total. The Morgan fingerprint density at radius 3 is 2.81 bits per heavy atom. The van der Waals surface area contributed by atoms with E-state index in [-0.39, 0.29) is 0 Å². The molecule has 1 aromatic carbocycles. The molecule has 1 amide bonds. The molecule has 1 atom stereocenters. The van der Waals surface area contributed by atoms with E-state index in [0.29, 0.717) is 5.75 Å². The van der Waals surface area contributed by atoms with Crippen LogP contribution in [-0.4, -0.2) is 24.3 Å². The molecule has 0 fully saturated rings. The highest BCUT2D eigenvalue weighted by molar-refractivity contribution is 7.99. The van der Waals surface area contributed by atoms with Crippen LogP contribution in [0.5, 0.6) is 5.75 Å². The summed E-state index contributed by atoms with van der Waals surface area (Å²) in [5, 5.41) is 0. The molecule has 1 unspecified atom stereocenters. The number of thioether (sulfide) groups is 1. The largest absolute Gasteiger partial charge is 0.497 e. The van der Waals surface area contributed by atoms with Crippen molar-refractivity contribution in [2.24, 2.45) is 11.5 Å². The Morgan fingerprint density at radius 1 is 1.56 bits per heavy atom. The van der Waals surface area contributed by atoms with E-state index < -0.39 is 11.4 Å². The molecule has 0 saturated heterocycles. The van der Waals surface area contributed by atoms with Gasteiger partial charge in [-0.3, -0.25) is 4.79 Å². The lowest BCUT2D eigenvalue weighted by Gasteiger charge is -2.19. The highest BCUT2D eigenvalue weighted by atomic mass is 32.2. The van der Waals surface area contributed by atoms with Crippen LogP contribution in [-0.2, 0) is 4.79 Å². The quantitative estimate of drug-likeness (QED) is 0.752. The zero-order valence-corrected chi connectivity index (χ0v) is 10.2. The van der Waals surface area contributed by atoms with Crippen LogP contribution in [0.2, 0.25) is 0 Å². The second-order valence-electron chi connectivity index (χ2n) is 3.75. The van der Waals surface area contributed by atoms with Gasteiger partial charge in [0.2, 0.25) is 5.91 Å². The van der Waals surface area contributed by atoms with Crippen molar-refractivity contribution in [2.45, 2.75) is 17.4 Å². The fourth-order valence-corrected chi connectivity index (χ4v) is 1.98. The highest BCUT2D eigenvalue weighted by Gasteiger charge is 2.25. The summed E-state index contributed by atoms with van der Waals surface area (Å²) in [4.78, 5) is 12.0. The summed E-state index contributed by atoms with van der Waals surface area (Å²) in [7, 11) is 1.61. The third-order valence-electron chi connectivity index (χ3n) is 2.14. The summed E-state index contributed by atoms with van der Waals surface area (Å²) < 4.78 is 5.10. The molecule has 0 aliphatic heterocycles. The van der Waals surface area contributed by atoms with Crippen LogP contribution >= 0.6 is 11.8 Å². The molecular weight excluding hydrogens is 224 g/mol. The highest BCUT2D eigenvalue weighted by Crippen LogP contribution is 2.25. The molecule has 0 aliphatic rings. The number of ether oxygens (including phenoxy) is 1. The third-order valence-corrected chi connectivity index (χ3v) is 3.47. The number of benzene rings is 1. The summed E-state index contributed by atoms with van der Waals surface area (Å²) in [5.41, 5.74) is 9.95. The van der Waals surface area contributed by atoms with Crippen LogP contribution < -0.4 is 16.2 Å². The summed E-state index contributed by atoms with van der Waals surface area (Å²) >= 11 is 1.48. The average molecular weight is 240 g/mol.